The second-order valence-corrected chi connectivity index (χ2v) is 9.41. The van der Waals surface area contributed by atoms with Crippen molar-refractivity contribution in [2.24, 2.45) is 0 Å². The SMILES string of the molecule is CCN(Cc1ccc2c(c1)OCCO2)C(=O)CSc1nnc([C@@H](C)N(C)C)n1-c1ccc(F)cc1. The van der Waals surface area contributed by atoms with E-state index in [0.29, 0.717) is 37.2 Å². The predicted octanol–water partition coefficient (Wildman–Crippen LogP) is 3.94. The molecule has 1 amide bonds. The molecule has 3 aromatic rings. The van der Waals surface area contributed by atoms with E-state index in [2.05, 4.69) is 10.2 Å². The molecule has 0 spiro atoms. The van der Waals surface area contributed by atoms with E-state index in [1.54, 1.807) is 17.0 Å². The van der Waals surface area contributed by atoms with E-state index in [-0.39, 0.29) is 23.5 Å². The lowest BCUT2D eigenvalue weighted by molar-refractivity contribution is -0.128. The zero-order valence-electron chi connectivity index (χ0n) is 20.4. The van der Waals surface area contributed by atoms with Crippen LogP contribution in [0.15, 0.2) is 47.6 Å². The fourth-order valence-corrected chi connectivity index (χ4v) is 4.57. The Morgan fingerprint density at radius 2 is 1.83 bits per heavy atom. The maximum absolute atomic E-state index is 13.6. The van der Waals surface area contributed by atoms with Gasteiger partial charge in [-0.25, -0.2) is 4.39 Å². The van der Waals surface area contributed by atoms with Crippen molar-refractivity contribution in [1.29, 1.82) is 0 Å². The summed E-state index contributed by atoms with van der Waals surface area (Å²) >= 11 is 1.32. The third kappa shape index (κ3) is 5.76. The van der Waals surface area contributed by atoms with Crippen LogP contribution in [0.5, 0.6) is 11.5 Å². The molecule has 2 aromatic carbocycles. The van der Waals surface area contributed by atoms with E-state index in [4.69, 9.17) is 9.47 Å². The summed E-state index contributed by atoms with van der Waals surface area (Å²) in [6.07, 6.45) is 0. The largest absolute Gasteiger partial charge is 0.486 e. The fraction of sp³-hybridized carbons (Fsp3) is 0.400. The van der Waals surface area contributed by atoms with Crippen molar-refractivity contribution in [3.8, 4) is 17.2 Å². The number of halogens is 1. The third-order valence-electron chi connectivity index (χ3n) is 5.93. The zero-order chi connectivity index (χ0) is 24.9. The number of nitrogens with zero attached hydrogens (tertiary/aromatic N) is 5. The third-order valence-corrected chi connectivity index (χ3v) is 6.84. The molecule has 1 atom stereocenters. The number of thioether (sulfide) groups is 1. The van der Waals surface area contributed by atoms with E-state index in [1.807, 2.05) is 55.6 Å². The molecule has 0 saturated carbocycles. The van der Waals surface area contributed by atoms with Gasteiger partial charge in [-0.05, 0) is 69.9 Å². The van der Waals surface area contributed by atoms with Crippen LogP contribution in [0, 0.1) is 5.82 Å². The monoisotopic (exact) mass is 499 g/mol. The number of aromatic nitrogens is 3. The highest BCUT2D eigenvalue weighted by molar-refractivity contribution is 7.99. The lowest BCUT2D eigenvalue weighted by Gasteiger charge is -2.23. The van der Waals surface area contributed by atoms with Crippen LogP contribution in [0.25, 0.3) is 5.69 Å². The van der Waals surface area contributed by atoms with Crippen molar-refractivity contribution < 1.29 is 18.7 Å². The number of amides is 1. The Kier molecular flexibility index (Phi) is 7.92. The van der Waals surface area contributed by atoms with Gasteiger partial charge in [0.05, 0.1) is 11.8 Å². The Hall–Kier alpha value is -3.11. The summed E-state index contributed by atoms with van der Waals surface area (Å²) in [5, 5.41) is 9.34. The maximum Gasteiger partial charge on any atom is 0.233 e. The number of carbonyl (C=O) groups excluding carboxylic acids is 1. The molecular formula is C25H30FN5O3S. The molecule has 2 heterocycles. The van der Waals surface area contributed by atoms with E-state index in [9.17, 15) is 9.18 Å². The van der Waals surface area contributed by atoms with Crippen LogP contribution in [0.2, 0.25) is 0 Å². The first kappa shape index (κ1) is 25.0. The minimum Gasteiger partial charge on any atom is -0.486 e. The van der Waals surface area contributed by atoms with Gasteiger partial charge in [-0.2, -0.15) is 0 Å². The molecule has 186 valence electrons. The Morgan fingerprint density at radius 3 is 2.51 bits per heavy atom. The maximum atomic E-state index is 13.6. The number of rotatable bonds is 9. The van der Waals surface area contributed by atoms with Crippen molar-refractivity contribution in [2.75, 3.05) is 39.6 Å². The van der Waals surface area contributed by atoms with Crippen LogP contribution in [-0.2, 0) is 11.3 Å². The van der Waals surface area contributed by atoms with Gasteiger partial charge in [0.25, 0.3) is 0 Å². The van der Waals surface area contributed by atoms with Gasteiger partial charge in [0.2, 0.25) is 5.91 Å². The van der Waals surface area contributed by atoms with Crippen molar-refractivity contribution in [1.82, 2.24) is 24.6 Å². The molecule has 4 rings (SSSR count). The topological polar surface area (TPSA) is 72.7 Å². The first-order valence-corrected chi connectivity index (χ1v) is 12.5. The van der Waals surface area contributed by atoms with Crippen molar-refractivity contribution in [3.05, 3.63) is 59.7 Å². The summed E-state index contributed by atoms with van der Waals surface area (Å²) in [6, 6.07) is 11.9. The van der Waals surface area contributed by atoms with Gasteiger partial charge < -0.3 is 14.4 Å². The summed E-state index contributed by atoms with van der Waals surface area (Å²) in [4.78, 5) is 16.9. The van der Waals surface area contributed by atoms with Crippen LogP contribution < -0.4 is 9.47 Å². The average molecular weight is 500 g/mol. The second-order valence-electron chi connectivity index (χ2n) is 8.47. The predicted molar refractivity (Wildman–Crippen MR) is 133 cm³/mol. The van der Waals surface area contributed by atoms with Crippen LogP contribution in [-0.4, -0.2) is 70.1 Å². The molecule has 1 aliphatic rings. The van der Waals surface area contributed by atoms with Gasteiger partial charge in [0, 0.05) is 18.8 Å². The van der Waals surface area contributed by atoms with Crippen LogP contribution in [0.3, 0.4) is 0 Å². The zero-order valence-corrected chi connectivity index (χ0v) is 21.2. The van der Waals surface area contributed by atoms with E-state index < -0.39 is 0 Å². The molecule has 0 fully saturated rings. The molecule has 10 heteroatoms. The minimum absolute atomic E-state index is 0.0109. The minimum atomic E-state index is -0.314. The van der Waals surface area contributed by atoms with E-state index in [0.717, 1.165) is 22.8 Å². The van der Waals surface area contributed by atoms with E-state index in [1.165, 1.54) is 23.9 Å². The van der Waals surface area contributed by atoms with Gasteiger partial charge in [-0.3, -0.25) is 14.3 Å². The number of fused-ring (bicyclic) bond motifs is 1. The molecule has 0 radical (unpaired) electrons. The number of ether oxygens (including phenoxy) is 2. The smallest absolute Gasteiger partial charge is 0.233 e. The normalized spacial score (nSPS) is 13.7. The fourth-order valence-electron chi connectivity index (χ4n) is 3.71. The first-order valence-electron chi connectivity index (χ1n) is 11.5. The van der Waals surface area contributed by atoms with Crippen LogP contribution in [0.4, 0.5) is 4.39 Å². The lowest BCUT2D eigenvalue weighted by Crippen LogP contribution is -2.32. The Morgan fingerprint density at radius 1 is 1.11 bits per heavy atom. The van der Waals surface area contributed by atoms with Crippen molar-refractivity contribution in [2.45, 2.75) is 31.6 Å². The van der Waals surface area contributed by atoms with Gasteiger partial charge in [-0.1, -0.05) is 17.8 Å². The number of carbonyl (C=O) groups is 1. The Bertz CT molecular complexity index is 1170. The molecular weight excluding hydrogens is 469 g/mol. The van der Waals surface area contributed by atoms with Crippen LogP contribution >= 0.6 is 11.8 Å². The van der Waals surface area contributed by atoms with Gasteiger partial charge >= 0.3 is 0 Å². The van der Waals surface area contributed by atoms with Gasteiger partial charge in [0.1, 0.15) is 19.0 Å². The van der Waals surface area contributed by atoms with E-state index >= 15 is 0 Å². The highest BCUT2D eigenvalue weighted by atomic mass is 32.2. The molecule has 35 heavy (non-hydrogen) atoms. The van der Waals surface area contributed by atoms with Gasteiger partial charge in [0.15, 0.2) is 22.5 Å². The summed E-state index contributed by atoms with van der Waals surface area (Å²) in [7, 11) is 3.92. The summed E-state index contributed by atoms with van der Waals surface area (Å²) in [6.45, 7) is 6.09. The van der Waals surface area contributed by atoms with Crippen LogP contribution in [0.1, 0.15) is 31.3 Å². The quantitative estimate of drug-likeness (QED) is 0.413. The summed E-state index contributed by atoms with van der Waals surface area (Å²) < 4.78 is 26.7. The number of hydrogen-bond acceptors (Lipinski definition) is 7. The lowest BCUT2D eigenvalue weighted by atomic mass is 10.2. The Labute approximate surface area is 209 Å². The molecule has 0 N–H and O–H groups in total. The molecule has 0 bridgehead atoms. The summed E-state index contributed by atoms with van der Waals surface area (Å²) in [5.41, 5.74) is 1.73. The molecule has 0 unspecified atom stereocenters. The molecule has 0 aliphatic carbocycles. The second kappa shape index (κ2) is 11.1. The highest BCUT2D eigenvalue weighted by Gasteiger charge is 2.23. The standard InChI is InChI=1S/C25H30FN5O3S/c1-5-30(15-18-6-11-21-22(14-18)34-13-12-33-21)23(32)16-35-25-28-27-24(17(2)29(3)4)31(25)20-9-7-19(26)8-10-20/h6-11,14,17H,5,12-13,15-16H2,1-4H3/t17-/m1/s1. The molecule has 1 aliphatic heterocycles. The number of hydrogen-bond donors (Lipinski definition) is 0. The summed E-state index contributed by atoms with van der Waals surface area (Å²) in [5.74, 6) is 2.04. The molecule has 1 aromatic heterocycles. The van der Waals surface area contributed by atoms with Gasteiger partial charge in [-0.15, -0.1) is 10.2 Å². The van der Waals surface area contributed by atoms with Crippen molar-refractivity contribution in [3.63, 3.8) is 0 Å². The number of benzene rings is 2. The Balaban J connectivity index is 1.50. The van der Waals surface area contributed by atoms with Crippen molar-refractivity contribution >= 4 is 17.7 Å². The first-order chi connectivity index (χ1) is 16.9. The molecule has 8 nitrogen and oxygen atoms in total. The average Bonchev–Trinajstić information content (AvgIpc) is 3.29. The molecule has 0 saturated heterocycles. The highest BCUT2D eigenvalue weighted by Crippen LogP contribution is 2.31.